The highest BCUT2D eigenvalue weighted by Gasteiger charge is 2.36. The van der Waals surface area contributed by atoms with Crippen molar-refractivity contribution in [3.63, 3.8) is 0 Å². The van der Waals surface area contributed by atoms with Crippen LogP contribution in [0.3, 0.4) is 0 Å². The maximum atomic E-state index is 12.8. The highest BCUT2D eigenvalue weighted by atomic mass is 35.5. The Kier molecular flexibility index (Phi) is 6.92. The average molecular weight is 425 g/mol. The van der Waals surface area contributed by atoms with Crippen LogP contribution in [0.5, 0.6) is 0 Å². The molecule has 0 radical (unpaired) electrons. The van der Waals surface area contributed by atoms with Gasteiger partial charge in [0.05, 0.1) is 4.91 Å². The van der Waals surface area contributed by atoms with Crippen molar-refractivity contribution in [2.24, 2.45) is 0 Å². The van der Waals surface area contributed by atoms with Crippen LogP contribution in [0.2, 0.25) is 5.02 Å². The molecule has 1 aromatic carbocycles. The molecule has 2 aliphatic rings. The average Bonchev–Trinajstić information content (AvgIpc) is 2.90. The topological polar surface area (TPSA) is 60.9 Å². The van der Waals surface area contributed by atoms with Crippen molar-refractivity contribution in [3.05, 3.63) is 39.8 Å². The molecule has 2 fully saturated rings. The van der Waals surface area contributed by atoms with Crippen LogP contribution in [0.15, 0.2) is 29.2 Å². The van der Waals surface area contributed by atoms with E-state index in [1.807, 2.05) is 12.1 Å². The van der Waals surface area contributed by atoms with Crippen molar-refractivity contribution in [2.45, 2.75) is 31.7 Å². The number of likely N-dealkylation sites (tertiary alicyclic amines) is 1. The second kappa shape index (κ2) is 9.19. The molecule has 1 atom stereocenters. The summed E-state index contributed by atoms with van der Waals surface area (Å²) in [6.45, 7) is 0.661. The van der Waals surface area contributed by atoms with E-state index in [1.54, 1.807) is 23.1 Å². The molecule has 0 aliphatic carbocycles. The summed E-state index contributed by atoms with van der Waals surface area (Å²) in [6.07, 6.45) is 5.20. The Bertz CT molecular complexity index is 782. The molecule has 0 aromatic heterocycles. The molecule has 2 heterocycles. The van der Waals surface area contributed by atoms with Gasteiger partial charge in [-0.2, -0.15) is 0 Å². The van der Waals surface area contributed by atoms with Gasteiger partial charge in [-0.05, 0) is 49.5 Å². The lowest BCUT2D eigenvalue weighted by Crippen LogP contribution is -2.49. The number of hydrogen-bond donors (Lipinski definition) is 1. The van der Waals surface area contributed by atoms with E-state index in [-0.39, 0.29) is 31.0 Å². The molecule has 2 saturated heterocycles. The summed E-state index contributed by atoms with van der Waals surface area (Å²) in [5, 5.41) is 9.83. The van der Waals surface area contributed by atoms with Gasteiger partial charge in [-0.1, -0.05) is 47.7 Å². The summed E-state index contributed by atoms with van der Waals surface area (Å²) in [5.74, 6) is -0.373. The number of nitrogens with zero attached hydrogens (tertiary/aromatic N) is 2. The second-order valence-corrected chi connectivity index (χ2v) is 8.68. The van der Waals surface area contributed by atoms with E-state index in [9.17, 15) is 14.7 Å². The minimum Gasteiger partial charge on any atom is -0.396 e. The molecule has 144 valence electrons. The van der Waals surface area contributed by atoms with Crippen LogP contribution in [0.4, 0.5) is 0 Å². The molecule has 5 nitrogen and oxygen atoms in total. The number of piperidine rings is 1. The third kappa shape index (κ3) is 4.90. The zero-order valence-corrected chi connectivity index (χ0v) is 17.2. The largest absolute Gasteiger partial charge is 0.396 e. The Balaban J connectivity index is 1.70. The molecule has 0 bridgehead atoms. The molecule has 1 aromatic rings. The van der Waals surface area contributed by atoms with Gasteiger partial charge in [0, 0.05) is 24.2 Å². The fourth-order valence-electron chi connectivity index (χ4n) is 3.39. The first kappa shape index (κ1) is 20.3. The molecule has 8 heteroatoms. The molecule has 2 aliphatic heterocycles. The van der Waals surface area contributed by atoms with Gasteiger partial charge in [0.15, 0.2) is 0 Å². The second-order valence-electron chi connectivity index (χ2n) is 6.57. The van der Waals surface area contributed by atoms with E-state index in [4.69, 9.17) is 23.8 Å². The molecular formula is C19H21ClN2O3S2. The zero-order valence-electron chi connectivity index (χ0n) is 14.8. The van der Waals surface area contributed by atoms with E-state index in [0.717, 1.165) is 24.8 Å². The van der Waals surface area contributed by atoms with Crippen LogP contribution >= 0.6 is 35.6 Å². The Morgan fingerprint density at radius 1 is 1.41 bits per heavy atom. The molecule has 1 N–H and O–H groups in total. The summed E-state index contributed by atoms with van der Waals surface area (Å²) < 4.78 is 0.386. The van der Waals surface area contributed by atoms with Gasteiger partial charge in [-0.15, -0.1) is 0 Å². The van der Waals surface area contributed by atoms with Crippen molar-refractivity contribution in [1.82, 2.24) is 9.80 Å². The van der Waals surface area contributed by atoms with Gasteiger partial charge in [-0.3, -0.25) is 14.5 Å². The van der Waals surface area contributed by atoms with Gasteiger partial charge >= 0.3 is 0 Å². The van der Waals surface area contributed by atoms with Crippen LogP contribution < -0.4 is 0 Å². The summed E-state index contributed by atoms with van der Waals surface area (Å²) in [4.78, 5) is 29.2. The Hall–Kier alpha value is -1.41. The van der Waals surface area contributed by atoms with E-state index in [1.165, 1.54) is 16.7 Å². The molecule has 27 heavy (non-hydrogen) atoms. The SMILES string of the molecule is O=C1/C(=C/c2cccc(Cl)c2)SC(=S)N1CC(=O)N1CCCC[C@H]1CCO. The van der Waals surface area contributed by atoms with E-state index in [0.29, 0.717) is 27.2 Å². The smallest absolute Gasteiger partial charge is 0.266 e. The van der Waals surface area contributed by atoms with Crippen molar-refractivity contribution in [2.75, 3.05) is 19.7 Å². The van der Waals surface area contributed by atoms with Crippen molar-refractivity contribution >= 4 is 57.8 Å². The molecule has 0 unspecified atom stereocenters. The van der Waals surface area contributed by atoms with Crippen molar-refractivity contribution in [3.8, 4) is 0 Å². The maximum Gasteiger partial charge on any atom is 0.266 e. The quantitative estimate of drug-likeness (QED) is 0.580. The summed E-state index contributed by atoms with van der Waals surface area (Å²) in [5.41, 5.74) is 0.813. The fraction of sp³-hybridized carbons (Fsp3) is 0.421. The van der Waals surface area contributed by atoms with Crippen LogP contribution in [0, 0.1) is 0 Å². The summed E-state index contributed by atoms with van der Waals surface area (Å²) in [6, 6.07) is 7.25. The number of thiocarbonyl (C=S) groups is 1. The molecule has 0 spiro atoms. The van der Waals surface area contributed by atoms with Crippen LogP contribution in [0.1, 0.15) is 31.2 Å². The van der Waals surface area contributed by atoms with Gasteiger partial charge in [0.1, 0.15) is 10.9 Å². The van der Waals surface area contributed by atoms with Gasteiger partial charge in [0.2, 0.25) is 5.91 Å². The lowest BCUT2D eigenvalue weighted by atomic mass is 9.99. The molecular weight excluding hydrogens is 404 g/mol. The third-order valence-corrected chi connectivity index (χ3v) is 6.34. The first-order valence-corrected chi connectivity index (χ1v) is 10.5. The number of rotatable bonds is 5. The predicted molar refractivity (Wildman–Crippen MR) is 112 cm³/mol. The maximum absolute atomic E-state index is 12.8. The Morgan fingerprint density at radius 3 is 2.96 bits per heavy atom. The zero-order chi connectivity index (χ0) is 19.4. The molecule has 0 saturated carbocycles. The number of carbonyl (C=O) groups is 2. The van der Waals surface area contributed by atoms with E-state index < -0.39 is 0 Å². The number of amides is 2. The molecule has 2 amide bonds. The highest BCUT2D eigenvalue weighted by molar-refractivity contribution is 8.26. The lowest BCUT2D eigenvalue weighted by molar-refractivity contribution is -0.138. The van der Waals surface area contributed by atoms with Gasteiger partial charge in [-0.25, -0.2) is 0 Å². The third-order valence-electron chi connectivity index (χ3n) is 4.72. The van der Waals surface area contributed by atoms with Crippen molar-refractivity contribution < 1.29 is 14.7 Å². The van der Waals surface area contributed by atoms with Gasteiger partial charge < -0.3 is 10.0 Å². The summed E-state index contributed by atoms with van der Waals surface area (Å²) in [7, 11) is 0. The number of aliphatic hydroxyl groups excluding tert-OH is 1. The first-order chi connectivity index (χ1) is 13.0. The van der Waals surface area contributed by atoms with Crippen LogP contribution in [0.25, 0.3) is 6.08 Å². The number of halogens is 1. The predicted octanol–water partition coefficient (Wildman–Crippen LogP) is 3.30. The molecule has 3 rings (SSSR count). The number of benzene rings is 1. The number of hydrogen-bond acceptors (Lipinski definition) is 5. The highest BCUT2D eigenvalue weighted by Crippen LogP contribution is 2.33. The fourth-order valence-corrected chi connectivity index (χ4v) is 4.84. The van der Waals surface area contributed by atoms with E-state index in [2.05, 4.69) is 0 Å². The standard InChI is InChI=1S/C19H21ClN2O3S2/c20-14-5-3-4-13(10-14)11-16-18(25)22(19(26)27-16)12-17(24)21-8-2-1-6-15(21)7-9-23/h3-5,10-11,15,23H,1-2,6-9,12H2/b16-11-/t15-/m0/s1. The minimum atomic E-state index is -0.256. The number of thioether (sulfide) groups is 1. The monoisotopic (exact) mass is 424 g/mol. The summed E-state index contributed by atoms with van der Waals surface area (Å²) >= 11 is 12.5. The Morgan fingerprint density at radius 2 is 2.22 bits per heavy atom. The van der Waals surface area contributed by atoms with Crippen molar-refractivity contribution in [1.29, 1.82) is 0 Å². The number of carbonyl (C=O) groups excluding carboxylic acids is 2. The normalized spacial score (nSPS) is 22.0. The van der Waals surface area contributed by atoms with Crippen LogP contribution in [-0.2, 0) is 9.59 Å². The number of aliphatic hydroxyl groups is 1. The Labute approximate surface area is 173 Å². The lowest BCUT2D eigenvalue weighted by Gasteiger charge is -2.36. The van der Waals surface area contributed by atoms with Gasteiger partial charge in [0.25, 0.3) is 5.91 Å². The van der Waals surface area contributed by atoms with Crippen LogP contribution in [-0.4, -0.2) is 56.8 Å². The van der Waals surface area contributed by atoms with E-state index >= 15 is 0 Å². The minimum absolute atomic E-state index is 0.0386. The first-order valence-electron chi connectivity index (χ1n) is 8.91.